The second-order valence-corrected chi connectivity index (χ2v) is 6.90. The quantitative estimate of drug-likeness (QED) is 0.489. The van der Waals surface area contributed by atoms with E-state index in [1.807, 2.05) is 0 Å². The van der Waals surface area contributed by atoms with E-state index in [0.29, 0.717) is 17.0 Å². The second-order valence-electron chi connectivity index (χ2n) is 6.90. The van der Waals surface area contributed by atoms with Crippen molar-refractivity contribution in [1.29, 1.82) is 0 Å². The molecule has 0 spiro atoms. The third kappa shape index (κ3) is 6.44. The lowest BCUT2D eigenvalue weighted by atomic mass is 10.2. The Balaban J connectivity index is 1.47. The highest BCUT2D eigenvalue weighted by Gasteiger charge is 2.30. The van der Waals surface area contributed by atoms with Gasteiger partial charge in [0.25, 0.3) is 5.91 Å². The summed E-state index contributed by atoms with van der Waals surface area (Å²) in [7, 11) is 0. The van der Waals surface area contributed by atoms with E-state index in [-0.39, 0.29) is 24.8 Å². The van der Waals surface area contributed by atoms with Crippen LogP contribution in [0.15, 0.2) is 66.9 Å². The van der Waals surface area contributed by atoms with Gasteiger partial charge >= 0.3 is 6.18 Å². The summed E-state index contributed by atoms with van der Waals surface area (Å²) in [4.78, 5) is 16.3. The van der Waals surface area contributed by atoms with Gasteiger partial charge in [0.05, 0.1) is 23.5 Å². The van der Waals surface area contributed by atoms with Gasteiger partial charge in [0.1, 0.15) is 23.9 Å². The Morgan fingerprint density at radius 3 is 2.31 bits per heavy atom. The lowest BCUT2D eigenvalue weighted by molar-refractivity contribution is -0.137. The van der Waals surface area contributed by atoms with Crippen molar-refractivity contribution < 1.29 is 31.8 Å². The molecule has 0 aliphatic heterocycles. The molecule has 1 aromatic heterocycles. The molecule has 1 heterocycles. The van der Waals surface area contributed by atoms with Gasteiger partial charge < -0.3 is 14.8 Å². The molecule has 3 aromatic rings. The van der Waals surface area contributed by atoms with Crippen molar-refractivity contribution in [1.82, 2.24) is 10.3 Å². The molecule has 0 bridgehead atoms. The van der Waals surface area contributed by atoms with E-state index in [4.69, 9.17) is 9.47 Å². The van der Waals surface area contributed by atoms with E-state index < -0.39 is 23.7 Å². The van der Waals surface area contributed by atoms with Crippen LogP contribution in [0.5, 0.6) is 11.5 Å². The topological polar surface area (TPSA) is 60.5 Å². The summed E-state index contributed by atoms with van der Waals surface area (Å²) in [5.41, 5.74) is 0.187. The first-order chi connectivity index (χ1) is 15.2. The fourth-order valence-corrected chi connectivity index (χ4v) is 2.76. The molecule has 0 aliphatic rings. The lowest BCUT2D eigenvalue weighted by Crippen LogP contribution is -2.31. The van der Waals surface area contributed by atoms with Gasteiger partial charge in [0, 0.05) is 5.56 Å². The van der Waals surface area contributed by atoms with Crippen LogP contribution in [-0.2, 0) is 17.6 Å². The number of rotatable bonds is 8. The molecule has 2 aromatic carbocycles. The zero-order valence-electron chi connectivity index (χ0n) is 17.0. The maximum absolute atomic E-state index is 13.6. The molecule has 1 amide bonds. The van der Waals surface area contributed by atoms with Gasteiger partial charge in [0.2, 0.25) is 0 Å². The number of hydrogen-bond acceptors (Lipinski definition) is 4. The number of nitrogens with zero attached hydrogens (tertiary/aromatic N) is 1. The molecule has 5 nitrogen and oxygen atoms in total. The van der Waals surface area contributed by atoms with E-state index >= 15 is 0 Å². The van der Waals surface area contributed by atoms with E-state index in [2.05, 4.69) is 10.3 Å². The standard InChI is InChI=1S/C23H20F4N2O3/c1-15(29-22(30)14-32-18-8-6-17(7-9-18)23(25,26)27)21-11-10-19(12-28-21)31-13-16-4-2-3-5-20(16)24/h2-12,15H,13-14H2,1H3,(H,29,30). The van der Waals surface area contributed by atoms with Crippen LogP contribution in [0.3, 0.4) is 0 Å². The molecule has 0 fully saturated rings. The summed E-state index contributed by atoms with van der Waals surface area (Å²) < 4.78 is 62.1. The average Bonchev–Trinajstić information content (AvgIpc) is 2.77. The number of hydrogen-bond donors (Lipinski definition) is 1. The molecular formula is C23H20F4N2O3. The molecule has 1 atom stereocenters. The molecule has 0 saturated heterocycles. The van der Waals surface area contributed by atoms with Gasteiger partial charge in [-0.15, -0.1) is 0 Å². The maximum Gasteiger partial charge on any atom is 0.416 e. The predicted molar refractivity (Wildman–Crippen MR) is 108 cm³/mol. The van der Waals surface area contributed by atoms with Crippen molar-refractivity contribution in [2.24, 2.45) is 0 Å². The Bertz CT molecular complexity index is 1040. The third-order valence-electron chi connectivity index (χ3n) is 4.48. The minimum absolute atomic E-state index is 0.0568. The van der Waals surface area contributed by atoms with E-state index in [9.17, 15) is 22.4 Å². The number of carbonyl (C=O) groups is 1. The van der Waals surface area contributed by atoms with Crippen molar-refractivity contribution in [2.45, 2.75) is 25.7 Å². The maximum atomic E-state index is 13.6. The Kier molecular flexibility index (Phi) is 7.29. The van der Waals surface area contributed by atoms with Gasteiger partial charge in [-0.05, 0) is 49.4 Å². The van der Waals surface area contributed by atoms with Gasteiger partial charge in [-0.1, -0.05) is 18.2 Å². The molecule has 9 heteroatoms. The van der Waals surface area contributed by atoms with Crippen molar-refractivity contribution in [3.8, 4) is 11.5 Å². The molecule has 1 unspecified atom stereocenters. The summed E-state index contributed by atoms with van der Waals surface area (Å²) in [6.07, 6.45) is -2.96. The zero-order valence-corrected chi connectivity index (χ0v) is 17.0. The Morgan fingerprint density at radius 2 is 1.69 bits per heavy atom. The molecule has 32 heavy (non-hydrogen) atoms. The smallest absolute Gasteiger partial charge is 0.416 e. The predicted octanol–water partition coefficient (Wildman–Crippen LogP) is 5.07. The fraction of sp³-hybridized carbons (Fsp3) is 0.217. The summed E-state index contributed by atoms with van der Waals surface area (Å²) in [6, 6.07) is 13.2. The number of carbonyl (C=O) groups excluding carboxylic acids is 1. The first kappa shape index (κ1) is 23.1. The number of alkyl halides is 3. The number of aromatic nitrogens is 1. The zero-order chi connectivity index (χ0) is 23.1. The Morgan fingerprint density at radius 1 is 1.00 bits per heavy atom. The van der Waals surface area contributed by atoms with Gasteiger partial charge in [0.15, 0.2) is 6.61 Å². The molecule has 0 aliphatic carbocycles. The minimum atomic E-state index is -4.43. The molecule has 168 valence electrons. The summed E-state index contributed by atoms with van der Waals surface area (Å²) in [6.45, 7) is 1.42. The number of ether oxygens (including phenoxy) is 2. The van der Waals surface area contributed by atoms with E-state index in [0.717, 1.165) is 24.3 Å². The van der Waals surface area contributed by atoms with Crippen LogP contribution in [0.4, 0.5) is 17.6 Å². The fourth-order valence-electron chi connectivity index (χ4n) is 2.76. The first-order valence-corrected chi connectivity index (χ1v) is 9.64. The highest BCUT2D eigenvalue weighted by Crippen LogP contribution is 2.30. The van der Waals surface area contributed by atoms with Crippen LogP contribution in [0.1, 0.15) is 29.8 Å². The van der Waals surface area contributed by atoms with E-state index in [1.54, 1.807) is 37.3 Å². The Labute approximate surface area is 182 Å². The summed E-state index contributed by atoms with van der Waals surface area (Å²) in [5, 5.41) is 2.69. The average molecular weight is 448 g/mol. The highest BCUT2D eigenvalue weighted by molar-refractivity contribution is 5.77. The number of halogens is 4. The van der Waals surface area contributed by atoms with Crippen molar-refractivity contribution in [3.63, 3.8) is 0 Å². The van der Waals surface area contributed by atoms with Crippen molar-refractivity contribution in [3.05, 3.63) is 89.5 Å². The van der Waals surface area contributed by atoms with Crippen molar-refractivity contribution in [2.75, 3.05) is 6.61 Å². The van der Waals surface area contributed by atoms with Gasteiger partial charge in [-0.25, -0.2) is 4.39 Å². The number of benzene rings is 2. The van der Waals surface area contributed by atoms with Crippen LogP contribution in [0.25, 0.3) is 0 Å². The summed E-state index contributed by atoms with van der Waals surface area (Å²) in [5.74, 6) is -0.220. The molecular weight excluding hydrogens is 428 g/mol. The van der Waals surface area contributed by atoms with E-state index in [1.165, 1.54) is 12.3 Å². The molecule has 0 radical (unpaired) electrons. The first-order valence-electron chi connectivity index (χ1n) is 9.64. The van der Waals surface area contributed by atoms with Crippen molar-refractivity contribution >= 4 is 5.91 Å². The molecule has 3 rings (SSSR count). The molecule has 0 saturated carbocycles. The number of amides is 1. The van der Waals surface area contributed by atoms with Crippen LogP contribution in [-0.4, -0.2) is 17.5 Å². The molecule has 1 N–H and O–H groups in total. The van der Waals surface area contributed by atoms with Gasteiger partial charge in [-0.3, -0.25) is 9.78 Å². The summed E-state index contributed by atoms with van der Waals surface area (Å²) >= 11 is 0. The largest absolute Gasteiger partial charge is 0.487 e. The van der Waals surface area contributed by atoms with Gasteiger partial charge in [-0.2, -0.15) is 13.2 Å². The number of nitrogens with one attached hydrogen (secondary N) is 1. The SMILES string of the molecule is CC(NC(=O)COc1ccc(C(F)(F)F)cc1)c1ccc(OCc2ccccc2F)cn1. The van der Waals surface area contributed by atoms with Crippen LogP contribution in [0, 0.1) is 5.82 Å². The third-order valence-corrected chi connectivity index (χ3v) is 4.48. The number of pyridine rings is 1. The van der Waals surface area contributed by atoms with Crippen LogP contribution < -0.4 is 14.8 Å². The highest BCUT2D eigenvalue weighted by atomic mass is 19.4. The monoisotopic (exact) mass is 448 g/mol. The van der Waals surface area contributed by atoms with Crippen LogP contribution in [0.2, 0.25) is 0 Å². The minimum Gasteiger partial charge on any atom is -0.487 e. The normalized spacial score (nSPS) is 12.2. The second kappa shape index (κ2) is 10.1. The lowest BCUT2D eigenvalue weighted by Gasteiger charge is -2.15. The Hall–Kier alpha value is -3.62. The van der Waals surface area contributed by atoms with Crippen LogP contribution >= 0.6 is 0 Å².